The van der Waals surface area contributed by atoms with E-state index in [0.717, 1.165) is 64.2 Å². The van der Waals surface area contributed by atoms with Crippen LogP contribution in [0.15, 0.2) is 23.2 Å². The Balaban J connectivity index is 1.99. The molecule has 0 amide bonds. The molecule has 0 saturated carbocycles. The van der Waals surface area contributed by atoms with Gasteiger partial charge in [0.25, 0.3) is 0 Å². The number of nitrogens with two attached hydrogens (primary N) is 1. The zero-order chi connectivity index (χ0) is 15.6. The summed E-state index contributed by atoms with van der Waals surface area (Å²) in [5.74, 6) is 0. The topological polar surface area (TPSA) is 86.8 Å². The maximum Gasteiger partial charge on any atom is 0.148 e. The van der Waals surface area contributed by atoms with Gasteiger partial charge in [-0.3, -0.25) is 10.3 Å². The van der Waals surface area contributed by atoms with Gasteiger partial charge in [-0.05, 0) is 64.1 Å². The fourth-order valence-electron chi connectivity index (χ4n) is 2.53. The molecule has 4 N–H and O–H groups in total. The van der Waals surface area contributed by atoms with Crippen LogP contribution in [0.3, 0.4) is 0 Å². The number of aromatic nitrogens is 1. The molecule has 22 heavy (non-hydrogen) atoms. The second-order valence-electron chi connectivity index (χ2n) is 5.57. The SMILES string of the molecule is NCCCN1CCCN=Cc2cccc(n2)C(O)NCCC1. The molecule has 0 spiro atoms. The molecule has 122 valence electrons. The summed E-state index contributed by atoms with van der Waals surface area (Å²) in [5.41, 5.74) is 7.03. The third-order valence-electron chi connectivity index (χ3n) is 3.72. The quantitative estimate of drug-likeness (QED) is 0.758. The van der Waals surface area contributed by atoms with Gasteiger partial charge in [0.05, 0.1) is 11.4 Å². The van der Waals surface area contributed by atoms with E-state index in [1.54, 1.807) is 6.21 Å². The van der Waals surface area contributed by atoms with Gasteiger partial charge in [0.15, 0.2) is 0 Å². The number of aliphatic hydroxyl groups is 1. The Morgan fingerprint density at radius 2 is 2.18 bits per heavy atom. The fourth-order valence-corrected chi connectivity index (χ4v) is 2.53. The molecule has 1 aliphatic heterocycles. The number of hydrogen-bond acceptors (Lipinski definition) is 6. The first kappa shape index (κ1) is 17.0. The molecule has 1 atom stereocenters. The summed E-state index contributed by atoms with van der Waals surface area (Å²) in [7, 11) is 0. The van der Waals surface area contributed by atoms with Crippen LogP contribution in [0.1, 0.15) is 36.9 Å². The molecule has 2 bridgehead atoms. The number of nitrogens with one attached hydrogen (secondary N) is 1. The van der Waals surface area contributed by atoms with Crippen LogP contribution >= 0.6 is 0 Å². The third kappa shape index (κ3) is 5.81. The summed E-state index contributed by atoms with van der Waals surface area (Å²) in [6.45, 7) is 5.37. The van der Waals surface area contributed by atoms with Crippen molar-refractivity contribution in [1.29, 1.82) is 0 Å². The van der Waals surface area contributed by atoms with Crippen molar-refractivity contribution in [3.63, 3.8) is 0 Å². The Morgan fingerprint density at radius 1 is 1.32 bits per heavy atom. The molecular formula is C16H27N5O. The molecule has 0 radical (unpaired) electrons. The Bertz CT molecular complexity index is 466. The van der Waals surface area contributed by atoms with Crippen molar-refractivity contribution >= 4 is 6.21 Å². The van der Waals surface area contributed by atoms with Crippen LogP contribution in [0.25, 0.3) is 0 Å². The third-order valence-corrected chi connectivity index (χ3v) is 3.72. The number of nitrogens with zero attached hydrogens (tertiary/aromatic N) is 3. The van der Waals surface area contributed by atoms with Crippen LogP contribution in [0.4, 0.5) is 0 Å². The first-order valence-electron chi connectivity index (χ1n) is 8.10. The summed E-state index contributed by atoms with van der Waals surface area (Å²) in [6.07, 6.45) is 4.11. The van der Waals surface area contributed by atoms with Crippen LogP contribution in [-0.2, 0) is 0 Å². The highest BCUT2D eigenvalue weighted by atomic mass is 16.3. The van der Waals surface area contributed by atoms with Gasteiger partial charge in [0, 0.05) is 12.8 Å². The standard InChI is InChI=1S/C16H27N5O/c17-7-2-10-21-11-3-8-18-13-14-5-1-6-15(20-14)16(22)19-9-4-12-21/h1,5-6,13,16,19,22H,2-4,7-12,17H2. The summed E-state index contributed by atoms with van der Waals surface area (Å²) in [5, 5.41) is 13.3. The maximum atomic E-state index is 10.1. The summed E-state index contributed by atoms with van der Waals surface area (Å²) >= 11 is 0. The minimum Gasteiger partial charge on any atom is -0.373 e. The highest BCUT2D eigenvalue weighted by molar-refractivity contribution is 5.76. The van der Waals surface area contributed by atoms with E-state index in [1.165, 1.54) is 0 Å². The Labute approximate surface area is 132 Å². The lowest BCUT2D eigenvalue weighted by atomic mass is 10.2. The van der Waals surface area contributed by atoms with Gasteiger partial charge in [-0.1, -0.05) is 6.07 Å². The number of aliphatic imine (C=N–C) groups is 1. The molecule has 0 aromatic carbocycles. The van der Waals surface area contributed by atoms with Crippen molar-refractivity contribution in [2.45, 2.75) is 25.5 Å². The number of pyridine rings is 1. The molecule has 6 heteroatoms. The van der Waals surface area contributed by atoms with Gasteiger partial charge in [-0.2, -0.15) is 0 Å². The zero-order valence-electron chi connectivity index (χ0n) is 13.1. The second-order valence-corrected chi connectivity index (χ2v) is 5.57. The zero-order valence-corrected chi connectivity index (χ0v) is 13.1. The normalized spacial score (nSPS) is 21.5. The minimum absolute atomic E-state index is 0.640. The monoisotopic (exact) mass is 305 g/mol. The largest absolute Gasteiger partial charge is 0.373 e. The van der Waals surface area contributed by atoms with Crippen LogP contribution in [-0.4, -0.2) is 60.5 Å². The lowest BCUT2D eigenvalue weighted by Gasteiger charge is -2.22. The minimum atomic E-state index is -0.728. The van der Waals surface area contributed by atoms with Crippen molar-refractivity contribution in [2.75, 3.05) is 39.3 Å². The number of fused-ring (bicyclic) bond motifs is 2. The lowest BCUT2D eigenvalue weighted by Crippen LogP contribution is -2.32. The molecular weight excluding hydrogens is 278 g/mol. The molecule has 1 aromatic rings. The Hall–Kier alpha value is -1.34. The lowest BCUT2D eigenvalue weighted by molar-refractivity contribution is 0.132. The fraction of sp³-hybridized carbons (Fsp3) is 0.625. The van der Waals surface area contributed by atoms with E-state index < -0.39 is 6.23 Å². The number of hydrogen-bond donors (Lipinski definition) is 3. The van der Waals surface area contributed by atoms with E-state index >= 15 is 0 Å². The molecule has 1 unspecified atom stereocenters. The molecule has 1 aromatic heterocycles. The van der Waals surface area contributed by atoms with E-state index in [4.69, 9.17) is 5.73 Å². The molecule has 0 aliphatic carbocycles. The van der Waals surface area contributed by atoms with Crippen molar-refractivity contribution in [2.24, 2.45) is 10.7 Å². The average molecular weight is 305 g/mol. The molecule has 0 fully saturated rings. The molecule has 0 saturated heterocycles. The van der Waals surface area contributed by atoms with E-state index in [1.807, 2.05) is 18.2 Å². The second kappa shape index (κ2) is 9.63. The van der Waals surface area contributed by atoms with E-state index in [-0.39, 0.29) is 0 Å². The van der Waals surface area contributed by atoms with Crippen molar-refractivity contribution in [3.05, 3.63) is 29.6 Å². The average Bonchev–Trinajstić information content (AvgIpc) is 2.54. The molecule has 6 nitrogen and oxygen atoms in total. The molecule has 1 aliphatic rings. The van der Waals surface area contributed by atoms with Crippen molar-refractivity contribution in [3.8, 4) is 0 Å². The number of aliphatic hydroxyl groups excluding tert-OH is 1. The Kier molecular flexibility index (Phi) is 7.45. The van der Waals surface area contributed by atoms with E-state index in [9.17, 15) is 5.11 Å². The Morgan fingerprint density at radius 3 is 3.05 bits per heavy atom. The van der Waals surface area contributed by atoms with Gasteiger partial charge in [-0.25, -0.2) is 4.98 Å². The first-order valence-corrected chi connectivity index (χ1v) is 8.10. The smallest absolute Gasteiger partial charge is 0.148 e. The van der Waals surface area contributed by atoms with Crippen LogP contribution < -0.4 is 11.1 Å². The van der Waals surface area contributed by atoms with Gasteiger partial charge < -0.3 is 15.7 Å². The van der Waals surface area contributed by atoms with Gasteiger partial charge in [-0.15, -0.1) is 0 Å². The van der Waals surface area contributed by atoms with Crippen molar-refractivity contribution in [1.82, 2.24) is 15.2 Å². The summed E-state index contributed by atoms with van der Waals surface area (Å²) in [4.78, 5) is 11.3. The predicted molar refractivity (Wildman–Crippen MR) is 89.0 cm³/mol. The molecule has 2 rings (SSSR count). The van der Waals surface area contributed by atoms with Gasteiger partial charge in [0.2, 0.25) is 0 Å². The van der Waals surface area contributed by atoms with Crippen LogP contribution in [0.2, 0.25) is 0 Å². The van der Waals surface area contributed by atoms with Gasteiger partial charge >= 0.3 is 0 Å². The van der Waals surface area contributed by atoms with E-state index in [0.29, 0.717) is 5.69 Å². The number of rotatable bonds is 3. The highest BCUT2D eigenvalue weighted by Crippen LogP contribution is 2.08. The van der Waals surface area contributed by atoms with Crippen molar-refractivity contribution < 1.29 is 5.11 Å². The van der Waals surface area contributed by atoms with Gasteiger partial charge in [0.1, 0.15) is 6.23 Å². The predicted octanol–water partition coefficient (Wildman–Crippen LogP) is 0.526. The van der Waals surface area contributed by atoms with Crippen LogP contribution in [0.5, 0.6) is 0 Å². The van der Waals surface area contributed by atoms with Crippen LogP contribution in [0, 0.1) is 0 Å². The summed E-state index contributed by atoms with van der Waals surface area (Å²) < 4.78 is 0. The van der Waals surface area contributed by atoms with E-state index in [2.05, 4.69) is 20.2 Å². The molecule has 2 heterocycles. The highest BCUT2D eigenvalue weighted by Gasteiger charge is 2.10. The summed E-state index contributed by atoms with van der Waals surface area (Å²) in [6, 6.07) is 5.63. The first-order chi connectivity index (χ1) is 10.8. The maximum absolute atomic E-state index is 10.1.